The second kappa shape index (κ2) is 7.11. The molecule has 24 heavy (non-hydrogen) atoms. The lowest BCUT2D eigenvalue weighted by Gasteiger charge is -2.24. The Morgan fingerprint density at radius 2 is 1.92 bits per heavy atom. The van der Waals surface area contributed by atoms with E-state index >= 15 is 0 Å². The van der Waals surface area contributed by atoms with Gasteiger partial charge in [-0.05, 0) is 37.5 Å². The van der Waals surface area contributed by atoms with Gasteiger partial charge in [-0.2, -0.15) is 0 Å². The van der Waals surface area contributed by atoms with E-state index in [0.717, 1.165) is 6.42 Å². The maximum atomic E-state index is 12.3. The number of hydrogen-bond acceptors (Lipinski definition) is 3. The average Bonchev–Trinajstić information content (AvgIpc) is 2.96. The molecule has 2 atom stereocenters. The largest absolute Gasteiger partial charge is 0.573 e. The van der Waals surface area contributed by atoms with Gasteiger partial charge in [0.1, 0.15) is 11.8 Å². The van der Waals surface area contributed by atoms with E-state index in [1.165, 1.54) is 36.1 Å². The summed E-state index contributed by atoms with van der Waals surface area (Å²) in [5, 5.41) is 2.79. The van der Waals surface area contributed by atoms with Crippen LogP contribution >= 0.6 is 0 Å². The van der Waals surface area contributed by atoms with Crippen LogP contribution in [0.15, 0.2) is 24.3 Å². The number of benzene rings is 1. The minimum atomic E-state index is -4.74. The van der Waals surface area contributed by atoms with Crippen LogP contribution in [0.3, 0.4) is 0 Å². The summed E-state index contributed by atoms with van der Waals surface area (Å²) in [6.45, 7) is 3.71. The van der Waals surface area contributed by atoms with E-state index in [0.29, 0.717) is 18.5 Å². The van der Waals surface area contributed by atoms with E-state index in [2.05, 4.69) is 10.1 Å². The Kier molecular flexibility index (Phi) is 5.36. The summed E-state index contributed by atoms with van der Waals surface area (Å²) in [5.74, 6) is -0.719. The molecule has 2 amide bonds. The van der Waals surface area contributed by atoms with Crippen LogP contribution in [0.1, 0.15) is 38.3 Å². The van der Waals surface area contributed by atoms with Gasteiger partial charge in [0.25, 0.3) is 0 Å². The van der Waals surface area contributed by atoms with Crippen molar-refractivity contribution in [2.75, 3.05) is 6.54 Å². The maximum Gasteiger partial charge on any atom is 0.573 e. The van der Waals surface area contributed by atoms with Crippen molar-refractivity contribution in [3.63, 3.8) is 0 Å². The van der Waals surface area contributed by atoms with E-state index < -0.39 is 18.4 Å². The van der Waals surface area contributed by atoms with Gasteiger partial charge in [-0.1, -0.05) is 12.1 Å². The second-order valence-corrected chi connectivity index (χ2v) is 5.72. The molecule has 1 saturated heterocycles. The first-order valence-corrected chi connectivity index (χ1v) is 7.60. The fourth-order valence-corrected chi connectivity index (χ4v) is 2.77. The summed E-state index contributed by atoms with van der Waals surface area (Å²) < 4.78 is 40.2. The number of nitrogens with zero attached hydrogens (tertiary/aromatic N) is 1. The van der Waals surface area contributed by atoms with E-state index in [1.54, 1.807) is 6.92 Å². The summed E-state index contributed by atoms with van der Waals surface area (Å²) in [6, 6.07) is 4.43. The molecule has 1 aromatic rings. The number of alkyl halides is 3. The number of likely N-dealkylation sites (tertiary alicyclic amines) is 1. The van der Waals surface area contributed by atoms with Crippen molar-refractivity contribution in [3.05, 3.63) is 29.8 Å². The lowest BCUT2D eigenvalue weighted by atomic mass is 10.1. The highest BCUT2D eigenvalue weighted by Gasteiger charge is 2.33. The highest BCUT2D eigenvalue weighted by atomic mass is 19.4. The van der Waals surface area contributed by atoms with Crippen LogP contribution in [-0.4, -0.2) is 35.7 Å². The molecule has 0 aromatic heterocycles. The molecule has 0 saturated carbocycles. The summed E-state index contributed by atoms with van der Waals surface area (Å²) >= 11 is 0. The lowest BCUT2D eigenvalue weighted by molar-refractivity contribution is -0.274. The molecule has 0 bridgehead atoms. The van der Waals surface area contributed by atoms with Crippen LogP contribution in [0.25, 0.3) is 0 Å². The molecule has 1 fully saturated rings. The van der Waals surface area contributed by atoms with E-state index in [4.69, 9.17) is 0 Å². The van der Waals surface area contributed by atoms with Crippen molar-refractivity contribution < 1.29 is 27.5 Å². The zero-order valence-electron chi connectivity index (χ0n) is 13.4. The van der Waals surface area contributed by atoms with Gasteiger partial charge in [-0.25, -0.2) is 0 Å². The third kappa shape index (κ3) is 4.62. The molecule has 2 rings (SSSR count). The van der Waals surface area contributed by atoms with Gasteiger partial charge in [0.05, 0.1) is 6.04 Å². The Morgan fingerprint density at radius 1 is 1.29 bits per heavy atom. The molecule has 1 aliphatic rings. The number of hydrogen-bond donors (Lipinski definition) is 1. The van der Waals surface area contributed by atoms with Gasteiger partial charge in [0, 0.05) is 13.5 Å². The topological polar surface area (TPSA) is 58.6 Å². The Balaban J connectivity index is 1.98. The second-order valence-electron chi connectivity index (χ2n) is 5.72. The SMILES string of the molecule is CC(=O)N1CCC[C@H]1C(=O)N[C@H](C)c1ccc(OC(F)(F)F)cc1. The molecule has 0 aliphatic carbocycles. The summed E-state index contributed by atoms with van der Waals surface area (Å²) in [4.78, 5) is 25.4. The minimum absolute atomic E-state index is 0.144. The van der Waals surface area contributed by atoms with Crippen LogP contribution in [0, 0.1) is 0 Å². The number of nitrogens with one attached hydrogen (secondary N) is 1. The van der Waals surface area contributed by atoms with Crippen LogP contribution in [0.2, 0.25) is 0 Å². The summed E-state index contributed by atoms with van der Waals surface area (Å²) in [7, 11) is 0. The molecule has 1 heterocycles. The monoisotopic (exact) mass is 344 g/mol. The van der Waals surface area contributed by atoms with Crippen molar-refractivity contribution in [2.45, 2.75) is 45.1 Å². The normalized spacial score (nSPS) is 19.0. The standard InChI is InChI=1S/C16H19F3N2O3/c1-10(12-5-7-13(8-6-12)24-16(17,18)19)20-15(23)14-4-3-9-21(14)11(2)22/h5-8,10,14H,3-4,9H2,1-2H3,(H,20,23)/t10-,14+/m1/s1. The average molecular weight is 344 g/mol. The van der Waals surface area contributed by atoms with Crippen molar-refractivity contribution >= 4 is 11.8 Å². The Bertz CT molecular complexity index is 602. The van der Waals surface area contributed by atoms with Crippen molar-refractivity contribution in [2.24, 2.45) is 0 Å². The third-order valence-electron chi connectivity index (χ3n) is 3.93. The number of rotatable bonds is 4. The molecule has 1 aromatic carbocycles. The first-order valence-electron chi connectivity index (χ1n) is 7.60. The molecule has 8 heteroatoms. The zero-order chi connectivity index (χ0) is 17.9. The van der Waals surface area contributed by atoms with Crippen LogP contribution in [0.4, 0.5) is 13.2 Å². The number of carbonyl (C=O) groups is 2. The van der Waals surface area contributed by atoms with Crippen LogP contribution in [-0.2, 0) is 9.59 Å². The zero-order valence-corrected chi connectivity index (χ0v) is 13.4. The molecule has 0 unspecified atom stereocenters. The Morgan fingerprint density at radius 3 is 2.46 bits per heavy atom. The number of ether oxygens (including phenoxy) is 1. The fourth-order valence-electron chi connectivity index (χ4n) is 2.77. The van der Waals surface area contributed by atoms with Gasteiger partial charge in [0.2, 0.25) is 11.8 Å². The Hall–Kier alpha value is -2.25. The van der Waals surface area contributed by atoms with Crippen molar-refractivity contribution in [1.29, 1.82) is 0 Å². The van der Waals surface area contributed by atoms with Crippen LogP contribution in [0.5, 0.6) is 5.75 Å². The number of carbonyl (C=O) groups excluding carboxylic acids is 2. The highest BCUT2D eigenvalue weighted by Crippen LogP contribution is 2.25. The Labute approximate surface area is 137 Å². The van der Waals surface area contributed by atoms with Crippen LogP contribution < -0.4 is 10.1 Å². The van der Waals surface area contributed by atoms with Gasteiger partial charge >= 0.3 is 6.36 Å². The molecule has 1 aliphatic heterocycles. The fraction of sp³-hybridized carbons (Fsp3) is 0.500. The molecule has 5 nitrogen and oxygen atoms in total. The summed E-state index contributed by atoms with van der Waals surface area (Å²) in [6.07, 6.45) is -3.36. The highest BCUT2D eigenvalue weighted by molar-refractivity contribution is 5.87. The maximum absolute atomic E-state index is 12.3. The van der Waals surface area contributed by atoms with Crippen molar-refractivity contribution in [1.82, 2.24) is 10.2 Å². The molecule has 132 valence electrons. The first kappa shape index (κ1) is 18.1. The summed E-state index contributed by atoms with van der Waals surface area (Å²) in [5.41, 5.74) is 0.644. The van der Waals surface area contributed by atoms with E-state index in [1.807, 2.05) is 0 Å². The predicted molar refractivity (Wildman–Crippen MR) is 80.1 cm³/mol. The van der Waals surface area contributed by atoms with E-state index in [9.17, 15) is 22.8 Å². The third-order valence-corrected chi connectivity index (χ3v) is 3.93. The molecule has 0 spiro atoms. The van der Waals surface area contributed by atoms with E-state index in [-0.39, 0.29) is 17.6 Å². The smallest absolute Gasteiger partial charge is 0.406 e. The first-order chi connectivity index (χ1) is 11.2. The minimum Gasteiger partial charge on any atom is -0.406 e. The molecule has 1 N–H and O–H groups in total. The number of amides is 2. The van der Waals surface area contributed by atoms with Gasteiger partial charge in [-0.15, -0.1) is 13.2 Å². The molecular formula is C16H19F3N2O3. The lowest BCUT2D eigenvalue weighted by Crippen LogP contribution is -2.45. The van der Waals surface area contributed by atoms with Crippen molar-refractivity contribution in [3.8, 4) is 5.75 Å². The quantitative estimate of drug-likeness (QED) is 0.914. The molecule has 0 radical (unpaired) electrons. The number of halogens is 3. The van der Waals surface area contributed by atoms with Gasteiger partial charge in [0.15, 0.2) is 0 Å². The van der Waals surface area contributed by atoms with Gasteiger partial charge in [-0.3, -0.25) is 9.59 Å². The van der Waals surface area contributed by atoms with Gasteiger partial charge < -0.3 is 15.0 Å². The predicted octanol–water partition coefficient (Wildman–Crippen LogP) is 2.77. The molecular weight excluding hydrogens is 325 g/mol.